The molecule has 0 aliphatic carbocycles. The number of hydrogen-bond acceptors (Lipinski definition) is 5. The molecule has 0 unspecified atom stereocenters. The van der Waals surface area contributed by atoms with Crippen LogP contribution in [0.1, 0.15) is 11.1 Å². The number of nitro groups is 1. The van der Waals surface area contributed by atoms with E-state index in [0.29, 0.717) is 5.75 Å². The van der Waals surface area contributed by atoms with Gasteiger partial charge in [-0.25, -0.2) is 0 Å². The zero-order chi connectivity index (χ0) is 20.9. The molecule has 0 heterocycles. The van der Waals surface area contributed by atoms with Crippen molar-refractivity contribution in [2.24, 2.45) is 0 Å². The van der Waals surface area contributed by atoms with Crippen LogP contribution in [-0.4, -0.2) is 15.8 Å². The number of carbonyl (C=O) groups excluding carboxylic acids is 1. The maximum absolute atomic E-state index is 12.7. The lowest BCUT2D eigenvalue weighted by molar-refractivity contribution is -0.385. The van der Waals surface area contributed by atoms with Crippen LogP contribution in [0.25, 0.3) is 0 Å². The quantitative estimate of drug-likeness (QED) is 0.303. The van der Waals surface area contributed by atoms with Crippen LogP contribution in [0.5, 0.6) is 11.5 Å². The van der Waals surface area contributed by atoms with Crippen LogP contribution >= 0.6 is 23.4 Å². The highest BCUT2D eigenvalue weighted by Gasteiger charge is 2.31. The lowest BCUT2D eigenvalue weighted by Gasteiger charge is -2.12. The van der Waals surface area contributed by atoms with Crippen LogP contribution < -0.4 is 4.74 Å². The van der Waals surface area contributed by atoms with Crippen molar-refractivity contribution in [1.82, 2.24) is 0 Å². The number of ether oxygens (including phenoxy) is 1. The first kappa shape index (κ1) is 21.8. The van der Waals surface area contributed by atoms with E-state index >= 15 is 0 Å². The second-order valence-electron chi connectivity index (χ2n) is 5.44. The molecule has 0 aromatic heterocycles. The van der Waals surface area contributed by atoms with Crippen molar-refractivity contribution in [1.29, 1.82) is 0 Å². The minimum atomic E-state index is -4.55. The SMILES string of the molecule is C=CCSC(=O)Cc1cc(Oc2ccc(C(F)(F)F)cc2Cl)ccc1[N+](=O)[O-]. The number of thioether (sulfide) groups is 1. The number of rotatable bonds is 7. The summed E-state index contributed by atoms with van der Waals surface area (Å²) in [4.78, 5) is 22.5. The topological polar surface area (TPSA) is 69.4 Å². The third-order valence-electron chi connectivity index (χ3n) is 3.43. The first-order valence-corrected chi connectivity index (χ1v) is 9.06. The van der Waals surface area contributed by atoms with Crippen molar-refractivity contribution in [3.05, 3.63) is 75.3 Å². The maximum atomic E-state index is 12.7. The highest BCUT2D eigenvalue weighted by molar-refractivity contribution is 8.13. The maximum Gasteiger partial charge on any atom is 0.416 e. The molecule has 0 saturated carbocycles. The second-order valence-corrected chi connectivity index (χ2v) is 6.93. The normalized spacial score (nSPS) is 11.1. The predicted octanol–water partition coefficient (Wildman–Crippen LogP) is 6.05. The van der Waals surface area contributed by atoms with Crippen LogP contribution in [0.3, 0.4) is 0 Å². The van der Waals surface area contributed by atoms with Gasteiger partial charge in [-0.15, -0.1) is 6.58 Å². The van der Waals surface area contributed by atoms with Gasteiger partial charge in [-0.2, -0.15) is 13.2 Å². The van der Waals surface area contributed by atoms with Crippen molar-refractivity contribution in [3.8, 4) is 11.5 Å². The van der Waals surface area contributed by atoms with Crippen molar-refractivity contribution in [2.45, 2.75) is 12.6 Å². The summed E-state index contributed by atoms with van der Waals surface area (Å²) in [6.45, 7) is 3.49. The van der Waals surface area contributed by atoms with E-state index in [1.165, 1.54) is 18.2 Å². The molecule has 2 rings (SSSR count). The highest BCUT2D eigenvalue weighted by atomic mass is 35.5. The molecule has 0 aliphatic heterocycles. The predicted molar refractivity (Wildman–Crippen MR) is 101 cm³/mol. The van der Waals surface area contributed by atoms with Crippen LogP contribution in [0.15, 0.2) is 49.1 Å². The van der Waals surface area contributed by atoms with Crippen LogP contribution in [0.2, 0.25) is 5.02 Å². The minimum absolute atomic E-state index is 0.0539. The molecule has 0 atom stereocenters. The summed E-state index contributed by atoms with van der Waals surface area (Å²) in [6.07, 6.45) is -3.23. The fourth-order valence-corrected chi connectivity index (χ4v) is 2.97. The van der Waals surface area contributed by atoms with Crippen molar-refractivity contribution in [2.75, 3.05) is 5.75 Å². The van der Waals surface area contributed by atoms with Gasteiger partial charge < -0.3 is 4.74 Å². The molecule has 0 aliphatic rings. The zero-order valence-electron chi connectivity index (χ0n) is 14.2. The van der Waals surface area contributed by atoms with E-state index in [1.54, 1.807) is 0 Å². The molecule has 0 fully saturated rings. The molecule has 2 aromatic carbocycles. The molecule has 0 N–H and O–H groups in total. The molecule has 28 heavy (non-hydrogen) atoms. The molecule has 0 spiro atoms. The Balaban J connectivity index is 2.29. The lowest BCUT2D eigenvalue weighted by atomic mass is 10.1. The fraction of sp³-hybridized carbons (Fsp3) is 0.167. The number of alkyl halides is 3. The third kappa shape index (κ3) is 5.74. The zero-order valence-corrected chi connectivity index (χ0v) is 15.7. The Labute approximate surface area is 167 Å². The smallest absolute Gasteiger partial charge is 0.416 e. The Morgan fingerprint density at radius 3 is 2.57 bits per heavy atom. The summed E-state index contributed by atoms with van der Waals surface area (Å²) in [7, 11) is 0. The van der Waals surface area contributed by atoms with E-state index in [2.05, 4.69) is 6.58 Å². The first-order chi connectivity index (χ1) is 13.1. The van der Waals surface area contributed by atoms with Gasteiger partial charge >= 0.3 is 6.18 Å². The largest absolute Gasteiger partial charge is 0.456 e. The van der Waals surface area contributed by atoms with E-state index in [0.717, 1.165) is 36.0 Å². The lowest BCUT2D eigenvalue weighted by Crippen LogP contribution is -2.05. The van der Waals surface area contributed by atoms with E-state index in [-0.39, 0.29) is 39.3 Å². The molecule has 0 amide bonds. The van der Waals surface area contributed by atoms with Gasteiger partial charge in [0.15, 0.2) is 5.12 Å². The van der Waals surface area contributed by atoms with E-state index in [9.17, 15) is 28.1 Å². The minimum Gasteiger partial charge on any atom is -0.456 e. The molecule has 0 radical (unpaired) electrons. The van der Waals surface area contributed by atoms with Gasteiger partial charge in [-0.05, 0) is 30.3 Å². The molecule has 0 bridgehead atoms. The van der Waals surface area contributed by atoms with Gasteiger partial charge in [0.25, 0.3) is 5.69 Å². The molecule has 148 valence electrons. The number of carbonyl (C=O) groups is 1. The van der Waals surface area contributed by atoms with Gasteiger partial charge in [-0.1, -0.05) is 29.4 Å². The van der Waals surface area contributed by atoms with Crippen LogP contribution in [0, 0.1) is 10.1 Å². The van der Waals surface area contributed by atoms with Crippen LogP contribution in [-0.2, 0) is 17.4 Å². The van der Waals surface area contributed by atoms with Gasteiger partial charge in [0.2, 0.25) is 0 Å². The van der Waals surface area contributed by atoms with Gasteiger partial charge in [-0.3, -0.25) is 14.9 Å². The molecular weight excluding hydrogens is 419 g/mol. The Hall–Kier alpha value is -2.52. The second kappa shape index (κ2) is 9.11. The Morgan fingerprint density at radius 2 is 2.00 bits per heavy atom. The molecule has 0 saturated heterocycles. The summed E-state index contributed by atoms with van der Waals surface area (Å²) < 4.78 is 43.6. The third-order valence-corrected chi connectivity index (χ3v) is 4.60. The number of nitrogens with zero attached hydrogens (tertiary/aromatic N) is 1. The van der Waals surface area contributed by atoms with Crippen LogP contribution in [0.4, 0.5) is 18.9 Å². The van der Waals surface area contributed by atoms with Crippen molar-refractivity contribution in [3.63, 3.8) is 0 Å². The number of nitro benzene ring substituents is 1. The Kier molecular flexibility index (Phi) is 7.09. The first-order valence-electron chi connectivity index (χ1n) is 7.70. The summed E-state index contributed by atoms with van der Waals surface area (Å²) in [5.74, 6) is 0.412. The molecule has 2 aromatic rings. The summed E-state index contributed by atoms with van der Waals surface area (Å²) >= 11 is 6.81. The van der Waals surface area contributed by atoms with E-state index in [4.69, 9.17) is 16.3 Å². The highest BCUT2D eigenvalue weighted by Crippen LogP contribution is 2.37. The number of halogens is 4. The molecule has 10 heteroatoms. The average molecular weight is 432 g/mol. The molecular formula is C18H13ClF3NO4S. The Morgan fingerprint density at radius 1 is 1.29 bits per heavy atom. The summed E-state index contributed by atoms with van der Waals surface area (Å²) in [5.41, 5.74) is -1.08. The Bertz CT molecular complexity index is 918. The van der Waals surface area contributed by atoms with Crippen molar-refractivity contribution >= 4 is 34.2 Å². The monoisotopic (exact) mass is 431 g/mol. The average Bonchev–Trinajstić information content (AvgIpc) is 2.60. The fourth-order valence-electron chi connectivity index (χ4n) is 2.19. The van der Waals surface area contributed by atoms with E-state index < -0.39 is 16.7 Å². The standard InChI is InChI=1S/C18H13ClF3NO4S/c1-2-7-28-17(24)9-11-8-13(4-5-15(11)23(25)26)27-16-6-3-12(10-14(16)19)18(20,21)22/h2-6,8,10H,1,7,9H2. The van der Waals surface area contributed by atoms with Crippen molar-refractivity contribution < 1.29 is 27.6 Å². The summed E-state index contributed by atoms with van der Waals surface area (Å²) in [5, 5.41) is 10.6. The number of benzene rings is 2. The van der Waals surface area contributed by atoms with E-state index in [1.807, 2.05) is 0 Å². The molecule has 5 nitrogen and oxygen atoms in total. The van der Waals surface area contributed by atoms with Gasteiger partial charge in [0.05, 0.1) is 15.5 Å². The van der Waals surface area contributed by atoms with Gasteiger partial charge in [0.1, 0.15) is 11.5 Å². The number of hydrogen-bond donors (Lipinski definition) is 0. The summed E-state index contributed by atoms with van der Waals surface area (Å²) in [6, 6.07) is 6.31. The van der Waals surface area contributed by atoms with Gasteiger partial charge in [0, 0.05) is 23.8 Å².